The van der Waals surface area contributed by atoms with Gasteiger partial charge in [-0.05, 0) is 24.6 Å². The van der Waals surface area contributed by atoms with Crippen LogP contribution in [0.5, 0.6) is 5.75 Å². The van der Waals surface area contributed by atoms with Crippen LogP contribution in [-0.2, 0) is 6.61 Å². The van der Waals surface area contributed by atoms with Gasteiger partial charge < -0.3 is 9.84 Å². The molecule has 1 heterocycles. The van der Waals surface area contributed by atoms with Crippen molar-refractivity contribution in [3.8, 4) is 5.75 Å². The fourth-order valence-electron chi connectivity index (χ4n) is 1.56. The second-order valence-electron chi connectivity index (χ2n) is 3.94. The smallest absolute Gasteiger partial charge is 0.337 e. The molecule has 4 heteroatoms. The van der Waals surface area contributed by atoms with Crippen LogP contribution >= 0.6 is 0 Å². The van der Waals surface area contributed by atoms with Crippen LogP contribution in [0.1, 0.15) is 21.5 Å². The molecule has 0 atom stereocenters. The lowest BCUT2D eigenvalue weighted by atomic mass is 10.2. The van der Waals surface area contributed by atoms with E-state index in [1.165, 1.54) is 6.20 Å². The first-order chi connectivity index (χ1) is 8.66. The molecule has 0 amide bonds. The van der Waals surface area contributed by atoms with Crippen LogP contribution in [0.25, 0.3) is 0 Å². The van der Waals surface area contributed by atoms with Gasteiger partial charge >= 0.3 is 5.97 Å². The van der Waals surface area contributed by atoms with Gasteiger partial charge in [0.2, 0.25) is 0 Å². The lowest BCUT2D eigenvalue weighted by molar-refractivity contribution is 0.0696. The lowest BCUT2D eigenvalue weighted by Crippen LogP contribution is -2.02. The van der Waals surface area contributed by atoms with Gasteiger partial charge in [-0.1, -0.05) is 18.2 Å². The van der Waals surface area contributed by atoms with E-state index in [9.17, 15) is 4.79 Å². The quantitative estimate of drug-likeness (QED) is 0.896. The van der Waals surface area contributed by atoms with E-state index >= 15 is 0 Å². The van der Waals surface area contributed by atoms with Crippen molar-refractivity contribution >= 4 is 5.97 Å². The highest BCUT2D eigenvalue weighted by atomic mass is 16.5. The zero-order valence-corrected chi connectivity index (χ0v) is 9.96. The molecule has 0 saturated heterocycles. The molecule has 0 radical (unpaired) electrons. The number of aryl methyl sites for hydroxylation is 1. The monoisotopic (exact) mass is 243 g/mol. The van der Waals surface area contributed by atoms with Crippen LogP contribution in [0.4, 0.5) is 0 Å². The Morgan fingerprint density at radius 3 is 2.83 bits per heavy atom. The summed E-state index contributed by atoms with van der Waals surface area (Å²) in [7, 11) is 0. The fourth-order valence-corrected chi connectivity index (χ4v) is 1.56. The standard InChI is InChI=1S/C14H13NO3/c1-10-4-2-3-5-13(10)18-9-11-6-12(14(16)17)8-15-7-11/h2-8H,9H2,1H3,(H,16,17). The lowest BCUT2D eigenvalue weighted by Gasteiger charge is -2.08. The van der Waals surface area contributed by atoms with E-state index in [2.05, 4.69) is 4.98 Å². The van der Waals surface area contributed by atoms with E-state index in [-0.39, 0.29) is 5.56 Å². The second kappa shape index (κ2) is 5.31. The zero-order chi connectivity index (χ0) is 13.0. The van der Waals surface area contributed by atoms with Gasteiger partial charge in [-0.2, -0.15) is 0 Å². The first-order valence-electron chi connectivity index (χ1n) is 5.52. The largest absolute Gasteiger partial charge is 0.489 e. The molecule has 0 spiro atoms. The maximum absolute atomic E-state index is 10.8. The van der Waals surface area contributed by atoms with E-state index in [1.807, 2.05) is 31.2 Å². The van der Waals surface area contributed by atoms with E-state index in [0.29, 0.717) is 6.61 Å². The number of carboxylic acids is 1. The molecule has 0 bridgehead atoms. The van der Waals surface area contributed by atoms with Crippen molar-refractivity contribution in [1.29, 1.82) is 0 Å². The third kappa shape index (κ3) is 2.85. The Bertz CT molecular complexity index is 566. The molecule has 0 aliphatic heterocycles. The van der Waals surface area contributed by atoms with Crippen molar-refractivity contribution in [3.63, 3.8) is 0 Å². The van der Waals surface area contributed by atoms with Crippen LogP contribution in [0, 0.1) is 6.92 Å². The Morgan fingerprint density at radius 1 is 1.33 bits per heavy atom. The number of benzene rings is 1. The minimum Gasteiger partial charge on any atom is -0.489 e. The topological polar surface area (TPSA) is 59.4 Å². The van der Waals surface area contributed by atoms with Crippen LogP contribution in [0.15, 0.2) is 42.7 Å². The first kappa shape index (κ1) is 12.1. The molecule has 4 nitrogen and oxygen atoms in total. The summed E-state index contributed by atoms with van der Waals surface area (Å²) < 4.78 is 5.62. The minimum atomic E-state index is -0.986. The molecule has 1 aromatic carbocycles. The Hall–Kier alpha value is -2.36. The van der Waals surface area contributed by atoms with E-state index in [0.717, 1.165) is 16.9 Å². The highest BCUT2D eigenvalue weighted by Gasteiger charge is 2.05. The van der Waals surface area contributed by atoms with Crippen molar-refractivity contribution in [1.82, 2.24) is 4.98 Å². The summed E-state index contributed by atoms with van der Waals surface area (Å²) in [6, 6.07) is 9.24. The number of carboxylic acid groups (broad SMARTS) is 1. The first-order valence-corrected chi connectivity index (χ1v) is 5.52. The average Bonchev–Trinajstić information content (AvgIpc) is 2.38. The van der Waals surface area contributed by atoms with Crippen molar-refractivity contribution in [2.45, 2.75) is 13.5 Å². The third-order valence-electron chi connectivity index (χ3n) is 2.53. The van der Waals surface area contributed by atoms with Gasteiger partial charge in [-0.15, -0.1) is 0 Å². The Morgan fingerprint density at radius 2 is 2.11 bits per heavy atom. The van der Waals surface area contributed by atoms with Crippen molar-refractivity contribution in [3.05, 3.63) is 59.4 Å². The van der Waals surface area contributed by atoms with Crippen LogP contribution < -0.4 is 4.74 Å². The summed E-state index contributed by atoms with van der Waals surface area (Å²) in [5, 5.41) is 8.86. The van der Waals surface area contributed by atoms with Gasteiger partial charge in [-0.25, -0.2) is 4.79 Å². The molecule has 0 unspecified atom stereocenters. The molecule has 0 aliphatic rings. The second-order valence-corrected chi connectivity index (χ2v) is 3.94. The predicted octanol–water partition coefficient (Wildman–Crippen LogP) is 2.67. The average molecular weight is 243 g/mol. The van der Waals surface area contributed by atoms with Crippen molar-refractivity contribution < 1.29 is 14.6 Å². The summed E-state index contributed by atoms with van der Waals surface area (Å²) in [6.07, 6.45) is 2.92. The zero-order valence-electron chi connectivity index (χ0n) is 9.96. The minimum absolute atomic E-state index is 0.167. The summed E-state index contributed by atoms with van der Waals surface area (Å²) in [5.41, 5.74) is 1.94. The molecule has 1 aromatic heterocycles. The van der Waals surface area contributed by atoms with Crippen molar-refractivity contribution in [2.24, 2.45) is 0 Å². The fraction of sp³-hybridized carbons (Fsp3) is 0.143. The van der Waals surface area contributed by atoms with Crippen LogP contribution in [-0.4, -0.2) is 16.1 Å². The molecular formula is C14H13NO3. The van der Waals surface area contributed by atoms with Crippen LogP contribution in [0.2, 0.25) is 0 Å². The van der Waals surface area contributed by atoms with Crippen LogP contribution in [0.3, 0.4) is 0 Å². The third-order valence-corrected chi connectivity index (χ3v) is 2.53. The molecule has 2 rings (SSSR count). The Balaban J connectivity index is 2.09. The normalized spacial score (nSPS) is 10.1. The maximum atomic E-state index is 10.8. The number of nitrogens with zero attached hydrogens (tertiary/aromatic N) is 1. The highest BCUT2D eigenvalue weighted by molar-refractivity contribution is 5.87. The molecule has 1 N–H and O–H groups in total. The highest BCUT2D eigenvalue weighted by Crippen LogP contribution is 2.17. The summed E-state index contributed by atoms with van der Waals surface area (Å²) in [4.78, 5) is 14.7. The molecule has 18 heavy (non-hydrogen) atoms. The molecule has 92 valence electrons. The summed E-state index contributed by atoms with van der Waals surface area (Å²) in [5.74, 6) is -0.196. The number of hydrogen-bond donors (Lipinski definition) is 1. The van der Waals surface area contributed by atoms with Crippen molar-refractivity contribution in [2.75, 3.05) is 0 Å². The van der Waals surface area contributed by atoms with E-state index < -0.39 is 5.97 Å². The number of carbonyl (C=O) groups is 1. The van der Waals surface area contributed by atoms with Gasteiger partial charge in [0.25, 0.3) is 0 Å². The van der Waals surface area contributed by atoms with Gasteiger partial charge in [0.05, 0.1) is 5.56 Å². The number of ether oxygens (including phenoxy) is 1. The molecule has 2 aromatic rings. The number of para-hydroxylation sites is 1. The predicted molar refractivity (Wildman–Crippen MR) is 66.7 cm³/mol. The Labute approximate surface area is 105 Å². The maximum Gasteiger partial charge on any atom is 0.337 e. The van der Waals surface area contributed by atoms with Gasteiger partial charge in [0, 0.05) is 18.0 Å². The van der Waals surface area contributed by atoms with Gasteiger partial charge in [0.1, 0.15) is 12.4 Å². The summed E-state index contributed by atoms with van der Waals surface area (Å²) >= 11 is 0. The number of aromatic carboxylic acids is 1. The van der Waals surface area contributed by atoms with E-state index in [1.54, 1.807) is 12.3 Å². The molecular weight excluding hydrogens is 230 g/mol. The number of aromatic nitrogens is 1. The number of hydrogen-bond acceptors (Lipinski definition) is 3. The number of pyridine rings is 1. The number of rotatable bonds is 4. The molecule has 0 aliphatic carbocycles. The van der Waals surface area contributed by atoms with E-state index in [4.69, 9.17) is 9.84 Å². The molecule has 0 fully saturated rings. The SMILES string of the molecule is Cc1ccccc1OCc1cncc(C(=O)O)c1. The summed E-state index contributed by atoms with van der Waals surface area (Å²) in [6.45, 7) is 2.26. The van der Waals surface area contributed by atoms with Gasteiger partial charge in [-0.3, -0.25) is 4.98 Å². The van der Waals surface area contributed by atoms with Gasteiger partial charge in [0.15, 0.2) is 0 Å². The molecule has 0 saturated carbocycles. The Kier molecular flexibility index (Phi) is 3.57.